The molecule has 3 atom stereocenters. The van der Waals surface area contributed by atoms with E-state index in [1.54, 1.807) is 69.6 Å². The lowest BCUT2D eigenvalue weighted by atomic mass is 9.87. The molecule has 0 radical (unpaired) electrons. The van der Waals surface area contributed by atoms with Crippen molar-refractivity contribution in [3.05, 3.63) is 46.9 Å². The summed E-state index contributed by atoms with van der Waals surface area (Å²) in [5.74, 6) is -0.170. The molecule has 3 unspecified atom stereocenters. The first-order chi connectivity index (χ1) is 18.3. The van der Waals surface area contributed by atoms with Crippen molar-refractivity contribution in [3.63, 3.8) is 0 Å². The van der Waals surface area contributed by atoms with E-state index in [9.17, 15) is 19.1 Å². The molecule has 0 amide bonds. The smallest absolute Gasteiger partial charge is 0.335 e. The van der Waals surface area contributed by atoms with Crippen molar-refractivity contribution in [2.75, 3.05) is 11.9 Å². The van der Waals surface area contributed by atoms with Gasteiger partial charge in [-0.25, -0.2) is 13.8 Å². The standard InChI is InChI=1S/C27H34N6O5S/c1-17(2)39(29,36)19-8-6-18(7-9-19)31-23-22-20(11-15-30-24(22)34)33(32-23)27(13-14-28)12-10-21(37-16-27)25(35)38-26(3,4)5/h6-9,11,15,17,21,29H,10,12-13,16H2,1-5H3,(H,30,34)(H,31,32). The number of hydrogen-bond acceptors (Lipinski definition) is 9. The highest BCUT2D eigenvalue weighted by molar-refractivity contribution is 7.93. The Bertz CT molecular complexity index is 1570. The van der Waals surface area contributed by atoms with Crippen LogP contribution in [-0.2, 0) is 29.5 Å². The van der Waals surface area contributed by atoms with Gasteiger partial charge in [-0.1, -0.05) is 0 Å². The van der Waals surface area contributed by atoms with E-state index in [0.29, 0.717) is 34.3 Å². The first-order valence-electron chi connectivity index (χ1n) is 12.7. The number of rotatable bonds is 7. The van der Waals surface area contributed by atoms with Crippen molar-refractivity contribution >= 4 is 38.1 Å². The summed E-state index contributed by atoms with van der Waals surface area (Å²) in [4.78, 5) is 28.6. The van der Waals surface area contributed by atoms with Gasteiger partial charge in [-0.2, -0.15) is 10.4 Å². The lowest BCUT2D eigenvalue weighted by Gasteiger charge is -2.39. The Labute approximate surface area is 227 Å². The van der Waals surface area contributed by atoms with E-state index < -0.39 is 32.9 Å². The van der Waals surface area contributed by atoms with Crippen molar-refractivity contribution in [3.8, 4) is 6.07 Å². The van der Waals surface area contributed by atoms with Crippen LogP contribution >= 0.6 is 0 Å². The molecule has 39 heavy (non-hydrogen) atoms. The SMILES string of the molecule is CC(C)S(=N)(=O)c1ccc(Nc2nn(C3(CC#N)CCC(C(=O)OC(C)(C)C)OC3)c3cc[nH]c(=O)c23)cc1. The van der Waals surface area contributed by atoms with Gasteiger partial charge >= 0.3 is 5.97 Å². The van der Waals surface area contributed by atoms with Gasteiger partial charge in [0.15, 0.2) is 11.9 Å². The van der Waals surface area contributed by atoms with Crippen LogP contribution in [0.25, 0.3) is 10.9 Å². The molecular weight excluding hydrogens is 520 g/mol. The van der Waals surface area contributed by atoms with Crippen LogP contribution in [0.15, 0.2) is 46.2 Å². The zero-order chi connectivity index (χ0) is 28.6. The Morgan fingerprint density at radius 1 is 1.36 bits per heavy atom. The van der Waals surface area contributed by atoms with E-state index in [4.69, 9.17) is 19.4 Å². The van der Waals surface area contributed by atoms with Gasteiger partial charge in [-0.3, -0.25) is 9.48 Å². The number of carbonyl (C=O) groups is 1. The van der Waals surface area contributed by atoms with Crippen LogP contribution in [0.3, 0.4) is 0 Å². The zero-order valence-corrected chi connectivity index (χ0v) is 23.6. The molecule has 1 aliphatic rings. The fourth-order valence-electron chi connectivity index (χ4n) is 4.57. The third-order valence-electron chi connectivity index (χ3n) is 6.69. The minimum atomic E-state index is -2.93. The molecule has 11 nitrogen and oxygen atoms in total. The van der Waals surface area contributed by atoms with Crippen LogP contribution in [-0.4, -0.2) is 48.5 Å². The van der Waals surface area contributed by atoms with Crippen LogP contribution < -0.4 is 10.9 Å². The summed E-state index contributed by atoms with van der Waals surface area (Å²) in [6, 6.07) is 10.6. The Hall–Kier alpha value is -3.69. The van der Waals surface area contributed by atoms with Crippen molar-refractivity contribution < 1.29 is 18.5 Å². The van der Waals surface area contributed by atoms with Gasteiger partial charge in [0.25, 0.3) is 5.56 Å². The number of ether oxygens (including phenoxy) is 2. The number of benzene rings is 1. The predicted molar refractivity (Wildman–Crippen MR) is 147 cm³/mol. The molecule has 0 aliphatic carbocycles. The second-order valence-corrected chi connectivity index (χ2v) is 13.7. The van der Waals surface area contributed by atoms with Crippen LogP contribution in [0.1, 0.15) is 53.9 Å². The number of H-pyrrole nitrogens is 1. The number of nitriles is 1. The van der Waals surface area contributed by atoms with E-state index in [1.807, 2.05) is 0 Å². The summed E-state index contributed by atoms with van der Waals surface area (Å²) < 4.78 is 34.0. The molecule has 12 heteroatoms. The number of hydrogen-bond donors (Lipinski definition) is 3. The fraction of sp³-hybridized carbons (Fsp3) is 0.481. The van der Waals surface area contributed by atoms with Crippen LogP contribution in [0, 0.1) is 16.1 Å². The third kappa shape index (κ3) is 5.69. The third-order valence-corrected chi connectivity index (χ3v) is 8.99. The molecule has 0 saturated carbocycles. The van der Waals surface area contributed by atoms with Crippen LogP contribution in [0.4, 0.5) is 11.5 Å². The number of fused-ring (bicyclic) bond motifs is 1. The lowest BCUT2D eigenvalue weighted by molar-refractivity contribution is -0.176. The summed E-state index contributed by atoms with van der Waals surface area (Å²) in [5.41, 5.74) is -0.807. The van der Waals surface area contributed by atoms with E-state index >= 15 is 0 Å². The van der Waals surface area contributed by atoms with E-state index in [1.165, 1.54) is 6.20 Å². The average molecular weight is 555 g/mol. The number of nitrogens with one attached hydrogen (secondary N) is 3. The molecule has 0 bridgehead atoms. The highest BCUT2D eigenvalue weighted by atomic mass is 32.2. The normalized spacial score (nSPS) is 21.3. The molecule has 3 N–H and O–H groups in total. The monoisotopic (exact) mass is 554 g/mol. The fourth-order valence-corrected chi connectivity index (χ4v) is 5.65. The van der Waals surface area contributed by atoms with Gasteiger partial charge in [0.1, 0.15) is 11.0 Å². The molecule has 208 valence electrons. The molecule has 3 heterocycles. The van der Waals surface area contributed by atoms with Crippen molar-refractivity contribution in [2.24, 2.45) is 0 Å². The second-order valence-electron chi connectivity index (χ2n) is 11.1. The van der Waals surface area contributed by atoms with E-state index in [2.05, 4.69) is 16.4 Å². The van der Waals surface area contributed by atoms with Gasteiger partial charge in [0, 0.05) is 22.0 Å². The number of aromatic nitrogens is 3. The van der Waals surface area contributed by atoms with Crippen LogP contribution in [0.5, 0.6) is 0 Å². The Morgan fingerprint density at radius 2 is 2.05 bits per heavy atom. The van der Waals surface area contributed by atoms with Crippen molar-refractivity contribution in [1.82, 2.24) is 14.8 Å². The summed E-state index contributed by atoms with van der Waals surface area (Å²) in [6.07, 6.45) is 1.56. The summed E-state index contributed by atoms with van der Waals surface area (Å²) in [7, 11) is -2.93. The minimum absolute atomic E-state index is 0.0370. The maximum atomic E-state index is 12.9. The Kier molecular flexibility index (Phi) is 7.60. The molecule has 1 aliphatic heterocycles. The summed E-state index contributed by atoms with van der Waals surface area (Å²) >= 11 is 0. The van der Waals surface area contributed by atoms with Gasteiger partial charge < -0.3 is 19.8 Å². The van der Waals surface area contributed by atoms with Crippen molar-refractivity contribution in [1.29, 1.82) is 10.0 Å². The largest absolute Gasteiger partial charge is 0.458 e. The molecule has 2 aromatic heterocycles. The summed E-state index contributed by atoms with van der Waals surface area (Å²) in [5, 5.41) is 17.6. The van der Waals surface area contributed by atoms with E-state index in [-0.39, 0.29) is 29.7 Å². The molecule has 0 spiro atoms. The zero-order valence-electron chi connectivity index (χ0n) is 22.7. The molecular formula is C27H34N6O5S. The van der Waals surface area contributed by atoms with Gasteiger partial charge in [0.2, 0.25) is 0 Å². The predicted octanol–water partition coefficient (Wildman–Crippen LogP) is 4.41. The van der Waals surface area contributed by atoms with Crippen LogP contribution in [0.2, 0.25) is 0 Å². The molecule has 1 fully saturated rings. The Balaban J connectivity index is 1.69. The maximum Gasteiger partial charge on any atom is 0.335 e. The van der Waals surface area contributed by atoms with Gasteiger partial charge in [-0.15, -0.1) is 0 Å². The number of pyridine rings is 1. The first kappa shape index (κ1) is 28.3. The quantitative estimate of drug-likeness (QED) is 0.362. The summed E-state index contributed by atoms with van der Waals surface area (Å²) in [6.45, 7) is 8.90. The maximum absolute atomic E-state index is 12.9. The lowest BCUT2D eigenvalue weighted by Crippen LogP contribution is -2.47. The number of carbonyl (C=O) groups excluding carboxylic acids is 1. The Morgan fingerprint density at radius 3 is 2.62 bits per heavy atom. The van der Waals surface area contributed by atoms with Crippen molar-refractivity contribution in [2.45, 2.75) is 81.3 Å². The number of nitrogens with zero attached hydrogens (tertiary/aromatic N) is 3. The topological polar surface area (TPSA) is 163 Å². The van der Waals surface area contributed by atoms with E-state index in [0.717, 1.165) is 0 Å². The minimum Gasteiger partial charge on any atom is -0.458 e. The second kappa shape index (κ2) is 10.5. The van der Waals surface area contributed by atoms with Gasteiger partial charge in [0.05, 0.1) is 39.9 Å². The molecule has 1 saturated heterocycles. The molecule has 1 aromatic carbocycles. The first-order valence-corrected chi connectivity index (χ1v) is 14.4. The number of anilines is 2. The molecule has 3 aromatic rings. The number of aromatic amines is 1. The highest BCUT2D eigenvalue weighted by Crippen LogP contribution is 2.37. The average Bonchev–Trinajstić information content (AvgIpc) is 3.24. The molecule has 4 rings (SSSR count). The van der Waals surface area contributed by atoms with Gasteiger partial charge in [-0.05, 0) is 77.8 Å². The highest BCUT2D eigenvalue weighted by Gasteiger charge is 2.43. The number of esters is 1.